The highest BCUT2D eigenvalue weighted by Gasteiger charge is 2.42. The summed E-state index contributed by atoms with van der Waals surface area (Å²) in [5.74, 6) is 3.75. The number of hydrogen-bond acceptors (Lipinski definition) is 2. The van der Waals surface area contributed by atoms with Crippen molar-refractivity contribution in [3.8, 4) is 0 Å². The Balaban J connectivity index is 2.17. The molecule has 9 heavy (non-hydrogen) atoms. The quantitative estimate of drug-likeness (QED) is 0.542. The molecular formula is C7H13NS. The molecule has 0 aromatic rings. The molecule has 0 bridgehead atoms. The normalized spacial score (nSPS) is 49.7. The lowest BCUT2D eigenvalue weighted by atomic mass is 9.84. The Kier molecular flexibility index (Phi) is 1.27. The second kappa shape index (κ2) is 1.89. The molecule has 2 heterocycles. The second-order valence-electron chi connectivity index (χ2n) is 3.50. The molecular weight excluding hydrogens is 130 g/mol. The van der Waals surface area contributed by atoms with E-state index in [1.165, 1.54) is 24.6 Å². The van der Waals surface area contributed by atoms with Gasteiger partial charge in [0, 0.05) is 12.3 Å². The first-order chi connectivity index (χ1) is 4.31. The SMILES string of the molecule is C[C@]12CNC[C@H]1CSC2. The van der Waals surface area contributed by atoms with E-state index in [9.17, 15) is 0 Å². The fourth-order valence-corrected chi connectivity index (χ4v) is 3.51. The van der Waals surface area contributed by atoms with Crippen molar-refractivity contribution < 1.29 is 0 Å². The average Bonchev–Trinajstić information content (AvgIpc) is 2.22. The Hall–Kier alpha value is 0.310. The Labute approximate surface area is 60.6 Å². The third-order valence-electron chi connectivity index (χ3n) is 2.66. The second-order valence-corrected chi connectivity index (χ2v) is 4.53. The largest absolute Gasteiger partial charge is 0.316 e. The summed E-state index contributed by atoms with van der Waals surface area (Å²) in [5.41, 5.74) is 0.657. The van der Waals surface area contributed by atoms with Crippen LogP contribution in [0.25, 0.3) is 0 Å². The van der Waals surface area contributed by atoms with E-state index in [1.54, 1.807) is 0 Å². The fraction of sp³-hybridized carbons (Fsp3) is 1.00. The number of nitrogens with one attached hydrogen (secondary N) is 1. The Bertz CT molecular complexity index is 114. The van der Waals surface area contributed by atoms with E-state index in [4.69, 9.17) is 0 Å². The summed E-state index contributed by atoms with van der Waals surface area (Å²) in [6.07, 6.45) is 0. The third-order valence-corrected chi connectivity index (χ3v) is 4.16. The van der Waals surface area contributed by atoms with E-state index in [0.29, 0.717) is 5.41 Å². The minimum Gasteiger partial charge on any atom is -0.316 e. The monoisotopic (exact) mass is 143 g/mol. The molecule has 0 aromatic carbocycles. The molecule has 2 fully saturated rings. The van der Waals surface area contributed by atoms with Crippen molar-refractivity contribution in [2.45, 2.75) is 6.92 Å². The Morgan fingerprint density at radius 3 is 3.33 bits per heavy atom. The van der Waals surface area contributed by atoms with Crippen LogP contribution < -0.4 is 5.32 Å². The molecule has 0 amide bonds. The first-order valence-electron chi connectivity index (χ1n) is 3.60. The molecule has 1 N–H and O–H groups in total. The lowest BCUT2D eigenvalue weighted by molar-refractivity contribution is 0.341. The minimum absolute atomic E-state index is 0.657. The van der Waals surface area contributed by atoms with Crippen molar-refractivity contribution in [2.75, 3.05) is 24.6 Å². The zero-order chi connectivity index (χ0) is 6.32. The summed E-state index contributed by atoms with van der Waals surface area (Å²) < 4.78 is 0. The molecule has 1 nitrogen and oxygen atoms in total. The van der Waals surface area contributed by atoms with Crippen LogP contribution in [0, 0.1) is 11.3 Å². The van der Waals surface area contributed by atoms with Crippen molar-refractivity contribution in [2.24, 2.45) is 11.3 Å². The standard InChI is InChI=1S/C7H13NS/c1-7-4-8-2-6(7)3-9-5-7/h6,8H,2-5H2,1H3/t6-,7+/m0/s1. The van der Waals surface area contributed by atoms with Gasteiger partial charge >= 0.3 is 0 Å². The van der Waals surface area contributed by atoms with Gasteiger partial charge in [0.2, 0.25) is 0 Å². The van der Waals surface area contributed by atoms with Gasteiger partial charge in [0.1, 0.15) is 0 Å². The van der Waals surface area contributed by atoms with Crippen LogP contribution in [0.3, 0.4) is 0 Å². The first-order valence-corrected chi connectivity index (χ1v) is 4.75. The summed E-state index contributed by atoms with van der Waals surface area (Å²) in [7, 11) is 0. The van der Waals surface area contributed by atoms with Crippen molar-refractivity contribution >= 4 is 11.8 Å². The maximum atomic E-state index is 3.45. The topological polar surface area (TPSA) is 12.0 Å². The molecule has 0 aromatic heterocycles. The molecule has 2 rings (SSSR count). The molecule has 0 saturated carbocycles. The first kappa shape index (κ1) is 6.05. The maximum absolute atomic E-state index is 3.45. The van der Waals surface area contributed by atoms with Crippen LogP contribution in [0.2, 0.25) is 0 Å². The van der Waals surface area contributed by atoms with E-state index in [2.05, 4.69) is 24.0 Å². The molecule has 2 aliphatic heterocycles. The van der Waals surface area contributed by atoms with Crippen LogP contribution in [0.15, 0.2) is 0 Å². The average molecular weight is 143 g/mol. The van der Waals surface area contributed by atoms with Crippen molar-refractivity contribution in [3.05, 3.63) is 0 Å². The van der Waals surface area contributed by atoms with Crippen LogP contribution in [-0.4, -0.2) is 24.6 Å². The van der Waals surface area contributed by atoms with E-state index in [0.717, 1.165) is 5.92 Å². The molecule has 0 radical (unpaired) electrons. The molecule has 2 atom stereocenters. The van der Waals surface area contributed by atoms with E-state index in [-0.39, 0.29) is 0 Å². The molecule has 2 saturated heterocycles. The van der Waals surface area contributed by atoms with Gasteiger partial charge in [-0.2, -0.15) is 11.8 Å². The molecule has 0 spiro atoms. The highest BCUT2D eigenvalue weighted by molar-refractivity contribution is 7.99. The van der Waals surface area contributed by atoms with E-state index < -0.39 is 0 Å². The van der Waals surface area contributed by atoms with Crippen LogP contribution in [0.1, 0.15) is 6.92 Å². The molecule has 2 heteroatoms. The predicted molar refractivity (Wildman–Crippen MR) is 41.8 cm³/mol. The highest BCUT2D eigenvalue weighted by atomic mass is 32.2. The fourth-order valence-electron chi connectivity index (χ4n) is 1.79. The van der Waals surface area contributed by atoms with Gasteiger partial charge in [-0.3, -0.25) is 0 Å². The molecule has 52 valence electrons. The summed E-state index contributed by atoms with van der Waals surface area (Å²) in [5, 5.41) is 3.45. The Morgan fingerprint density at radius 2 is 2.56 bits per heavy atom. The predicted octanol–water partition coefficient (Wildman–Crippen LogP) is 0.959. The smallest absolute Gasteiger partial charge is 0.00166 e. The highest BCUT2D eigenvalue weighted by Crippen LogP contribution is 2.42. The Morgan fingerprint density at radius 1 is 1.67 bits per heavy atom. The van der Waals surface area contributed by atoms with Crippen LogP contribution in [-0.2, 0) is 0 Å². The number of thioether (sulfide) groups is 1. The zero-order valence-electron chi connectivity index (χ0n) is 5.81. The number of hydrogen-bond donors (Lipinski definition) is 1. The summed E-state index contributed by atoms with van der Waals surface area (Å²) in [6.45, 7) is 4.94. The van der Waals surface area contributed by atoms with Crippen molar-refractivity contribution in [3.63, 3.8) is 0 Å². The minimum atomic E-state index is 0.657. The molecule has 0 unspecified atom stereocenters. The number of fused-ring (bicyclic) bond motifs is 1. The van der Waals surface area contributed by atoms with Gasteiger partial charge in [-0.25, -0.2) is 0 Å². The van der Waals surface area contributed by atoms with Crippen LogP contribution >= 0.6 is 11.8 Å². The summed E-state index contributed by atoms with van der Waals surface area (Å²) in [4.78, 5) is 0. The molecule has 0 aliphatic carbocycles. The number of rotatable bonds is 0. The van der Waals surface area contributed by atoms with Crippen molar-refractivity contribution in [1.82, 2.24) is 5.32 Å². The van der Waals surface area contributed by atoms with Gasteiger partial charge in [-0.05, 0) is 23.6 Å². The summed E-state index contributed by atoms with van der Waals surface area (Å²) >= 11 is 2.12. The van der Waals surface area contributed by atoms with Crippen LogP contribution in [0.4, 0.5) is 0 Å². The lowest BCUT2D eigenvalue weighted by Gasteiger charge is -2.19. The molecule has 2 aliphatic rings. The van der Waals surface area contributed by atoms with Gasteiger partial charge in [0.15, 0.2) is 0 Å². The van der Waals surface area contributed by atoms with Gasteiger partial charge in [0.05, 0.1) is 0 Å². The maximum Gasteiger partial charge on any atom is 0.00166 e. The van der Waals surface area contributed by atoms with Crippen LogP contribution in [0.5, 0.6) is 0 Å². The van der Waals surface area contributed by atoms with Gasteiger partial charge in [-0.15, -0.1) is 0 Å². The van der Waals surface area contributed by atoms with E-state index in [1.807, 2.05) is 0 Å². The van der Waals surface area contributed by atoms with Gasteiger partial charge < -0.3 is 5.32 Å². The van der Waals surface area contributed by atoms with Gasteiger partial charge in [0.25, 0.3) is 0 Å². The third kappa shape index (κ3) is 0.802. The van der Waals surface area contributed by atoms with Gasteiger partial charge in [-0.1, -0.05) is 6.92 Å². The summed E-state index contributed by atoms with van der Waals surface area (Å²) in [6, 6.07) is 0. The van der Waals surface area contributed by atoms with E-state index >= 15 is 0 Å². The van der Waals surface area contributed by atoms with Crippen molar-refractivity contribution in [1.29, 1.82) is 0 Å². The lowest BCUT2D eigenvalue weighted by Crippen LogP contribution is -2.24. The zero-order valence-corrected chi connectivity index (χ0v) is 6.63.